The van der Waals surface area contributed by atoms with E-state index < -0.39 is 0 Å². The summed E-state index contributed by atoms with van der Waals surface area (Å²) in [6.07, 6.45) is 0.314. The van der Waals surface area contributed by atoms with Crippen molar-refractivity contribution in [2.75, 3.05) is 18.2 Å². The number of rotatable bonds is 6. The predicted octanol–water partition coefficient (Wildman–Crippen LogP) is 3.46. The lowest BCUT2D eigenvalue weighted by Gasteiger charge is -2.12. The molecule has 22 heavy (non-hydrogen) atoms. The second-order valence-electron chi connectivity index (χ2n) is 4.89. The summed E-state index contributed by atoms with van der Waals surface area (Å²) in [4.78, 5) is 23.2. The van der Waals surface area contributed by atoms with E-state index in [9.17, 15) is 9.59 Å². The number of fused-ring (bicyclic) bond motifs is 1. The maximum Gasteiger partial charge on any atom is 0.306 e. The Labute approximate surface area is 134 Å². The number of carbonyl (C=O) groups is 2. The molecule has 2 aromatic carbocycles. The van der Waals surface area contributed by atoms with Gasteiger partial charge in [-0.3, -0.25) is 9.59 Å². The van der Waals surface area contributed by atoms with Gasteiger partial charge in [-0.2, -0.15) is 0 Å². The first-order valence-electron chi connectivity index (χ1n) is 7.08. The Balaban J connectivity index is 1.90. The number of ether oxygens (including phenoxy) is 1. The van der Waals surface area contributed by atoms with E-state index in [2.05, 4.69) is 10.1 Å². The van der Waals surface area contributed by atoms with Crippen LogP contribution in [0.3, 0.4) is 0 Å². The van der Waals surface area contributed by atoms with E-state index >= 15 is 0 Å². The zero-order valence-corrected chi connectivity index (χ0v) is 13.5. The Morgan fingerprint density at radius 1 is 1.18 bits per heavy atom. The van der Waals surface area contributed by atoms with E-state index in [-0.39, 0.29) is 17.1 Å². The first-order valence-corrected chi connectivity index (χ1v) is 8.13. The van der Waals surface area contributed by atoms with Crippen molar-refractivity contribution in [2.24, 2.45) is 0 Å². The molecular weight excluding hydrogens is 298 g/mol. The zero-order chi connectivity index (χ0) is 15.9. The van der Waals surface area contributed by atoms with E-state index in [0.29, 0.717) is 12.2 Å². The monoisotopic (exact) mass is 317 g/mol. The van der Waals surface area contributed by atoms with Crippen molar-refractivity contribution >= 4 is 40.1 Å². The van der Waals surface area contributed by atoms with E-state index in [1.165, 1.54) is 18.9 Å². The fraction of sp³-hybridized carbons (Fsp3) is 0.294. The minimum Gasteiger partial charge on any atom is -0.469 e. The molecule has 0 aliphatic carbocycles. The van der Waals surface area contributed by atoms with Gasteiger partial charge in [-0.15, -0.1) is 11.8 Å². The van der Waals surface area contributed by atoms with Crippen molar-refractivity contribution < 1.29 is 14.3 Å². The molecule has 0 saturated heterocycles. The summed E-state index contributed by atoms with van der Waals surface area (Å²) in [5, 5.41) is 4.91. The van der Waals surface area contributed by atoms with Crippen LogP contribution >= 0.6 is 11.8 Å². The summed E-state index contributed by atoms with van der Waals surface area (Å²) >= 11 is 1.44. The van der Waals surface area contributed by atoms with Gasteiger partial charge >= 0.3 is 5.97 Å². The molecule has 1 N–H and O–H groups in total. The highest BCUT2D eigenvalue weighted by Gasteiger charge is 2.14. The molecule has 1 amide bonds. The van der Waals surface area contributed by atoms with E-state index in [1.54, 1.807) is 0 Å². The highest BCUT2D eigenvalue weighted by molar-refractivity contribution is 8.00. The largest absolute Gasteiger partial charge is 0.469 e. The minimum absolute atomic E-state index is 0.0647. The molecule has 0 heterocycles. The van der Waals surface area contributed by atoms with Gasteiger partial charge in [0, 0.05) is 11.4 Å². The SMILES string of the molecule is COC(=O)CCS[C@H](C)C(=O)Nc1ccc2ccccc2c1. The number of esters is 1. The van der Waals surface area contributed by atoms with Crippen LogP contribution in [0.15, 0.2) is 42.5 Å². The van der Waals surface area contributed by atoms with Crippen molar-refractivity contribution in [3.8, 4) is 0 Å². The quantitative estimate of drug-likeness (QED) is 0.829. The fourth-order valence-electron chi connectivity index (χ4n) is 2.01. The van der Waals surface area contributed by atoms with Gasteiger partial charge in [0.25, 0.3) is 0 Å². The van der Waals surface area contributed by atoms with Crippen molar-refractivity contribution in [2.45, 2.75) is 18.6 Å². The van der Waals surface area contributed by atoms with E-state index in [4.69, 9.17) is 0 Å². The zero-order valence-electron chi connectivity index (χ0n) is 12.7. The van der Waals surface area contributed by atoms with E-state index in [1.807, 2.05) is 49.4 Å². The molecule has 2 rings (SSSR count). The lowest BCUT2D eigenvalue weighted by Crippen LogP contribution is -2.23. The summed E-state index contributed by atoms with van der Waals surface area (Å²) in [5.41, 5.74) is 0.782. The highest BCUT2D eigenvalue weighted by atomic mass is 32.2. The maximum absolute atomic E-state index is 12.1. The smallest absolute Gasteiger partial charge is 0.306 e. The molecule has 4 nitrogen and oxygen atoms in total. The van der Waals surface area contributed by atoms with Crippen LogP contribution in [-0.4, -0.2) is 30.0 Å². The van der Waals surface area contributed by atoms with Crippen LogP contribution in [0.1, 0.15) is 13.3 Å². The molecule has 0 aromatic heterocycles. The van der Waals surface area contributed by atoms with Gasteiger partial charge in [-0.25, -0.2) is 0 Å². The van der Waals surface area contributed by atoms with Crippen LogP contribution in [0.2, 0.25) is 0 Å². The second kappa shape index (κ2) is 7.84. The van der Waals surface area contributed by atoms with Gasteiger partial charge in [-0.1, -0.05) is 30.3 Å². The molecule has 0 aliphatic heterocycles. The molecule has 5 heteroatoms. The number of hydrogen-bond donors (Lipinski definition) is 1. The Kier molecular flexibility index (Phi) is 5.83. The first-order chi connectivity index (χ1) is 10.6. The highest BCUT2D eigenvalue weighted by Crippen LogP contribution is 2.20. The first kappa shape index (κ1) is 16.4. The Morgan fingerprint density at radius 2 is 1.91 bits per heavy atom. The van der Waals surface area contributed by atoms with Crippen LogP contribution in [0.5, 0.6) is 0 Å². The molecule has 0 bridgehead atoms. The van der Waals surface area contributed by atoms with Crippen LogP contribution < -0.4 is 5.32 Å². The molecule has 0 radical (unpaired) electrons. The lowest BCUT2D eigenvalue weighted by atomic mass is 10.1. The number of anilines is 1. The molecule has 0 spiro atoms. The van der Waals surface area contributed by atoms with Crippen molar-refractivity contribution in [3.05, 3.63) is 42.5 Å². The maximum atomic E-state index is 12.1. The number of methoxy groups -OCH3 is 1. The number of thioether (sulfide) groups is 1. The van der Waals surface area contributed by atoms with Gasteiger partial charge < -0.3 is 10.1 Å². The molecule has 0 saturated carbocycles. The van der Waals surface area contributed by atoms with Crippen LogP contribution in [0.4, 0.5) is 5.69 Å². The summed E-state index contributed by atoms with van der Waals surface area (Å²) in [6, 6.07) is 13.8. The third-order valence-corrected chi connectivity index (χ3v) is 4.44. The van der Waals surface area contributed by atoms with Gasteiger partial charge in [-0.05, 0) is 29.8 Å². The molecule has 1 atom stereocenters. The predicted molar refractivity (Wildman–Crippen MR) is 91.1 cm³/mol. The fourth-order valence-corrected chi connectivity index (χ4v) is 2.86. The Bertz CT molecular complexity index is 672. The summed E-state index contributed by atoms with van der Waals surface area (Å²) < 4.78 is 4.58. The van der Waals surface area contributed by atoms with Crippen LogP contribution in [0, 0.1) is 0 Å². The van der Waals surface area contributed by atoms with E-state index in [0.717, 1.165) is 16.5 Å². The molecule has 2 aromatic rings. The summed E-state index contributed by atoms with van der Waals surface area (Å²) in [7, 11) is 1.36. The number of benzene rings is 2. The minimum atomic E-state index is -0.255. The number of nitrogens with one attached hydrogen (secondary N) is 1. The normalized spacial score (nSPS) is 11.9. The lowest BCUT2D eigenvalue weighted by molar-refractivity contribution is -0.140. The average Bonchev–Trinajstić information content (AvgIpc) is 2.54. The van der Waals surface area contributed by atoms with Crippen molar-refractivity contribution in [3.63, 3.8) is 0 Å². The molecule has 0 unspecified atom stereocenters. The number of amides is 1. The topological polar surface area (TPSA) is 55.4 Å². The van der Waals surface area contributed by atoms with Crippen LogP contribution in [-0.2, 0) is 14.3 Å². The van der Waals surface area contributed by atoms with Gasteiger partial charge in [0.15, 0.2) is 0 Å². The number of carbonyl (C=O) groups excluding carboxylic acids is 2. The standard InChI is InChI=1S/C17H19NO3S/c1-12(22-10-9-16(19)21-2)17(20)18-15-8-7-13-5-3-4-6-14(13)11-15/h3-8,11-12H,9-10H2,1-2H3,(H,18,20)/t12-/m1/s1. The van der Waals surface area contributed by atoms with Gasteiger partial charge in [0.2, 0.25) is 5.91 Å². The Hall–Kier alpha value is -2.01. The van der Waals surface area contributed by atoms with Crippen molar-refractivity contribution in [1.82, 2.24) is 0 Å². The van der Waals surface area contributed by atoms with Gasteiger partial charge in [0.1, 0.15) is 0 Å². The average molecular weight is 317 g/mol. The Morgan fingerprint density at radius 3 is 2.64 bits per heavy atom. The molecule has 0 aliphatic rings. The molecule has 116 valence electrons. The summed E-state index contributed by atoms with van der Waals surface area (Å²) in [5.74, 6) is 0.249. The third kappa shape index (κ3) is 4.49. The summed E-state index contributed by atoms with van der Waals surface area (Å²) in [6.45, 7) is 1.83. The van der Waals surface area contributed by atoms with Crippen LogP contribution in [0.25, 0.3) is 10.8 Å². The third-order valence-electron chi connectivity index (χ3n) is 3.29. The molecular formula is C17H19NO3S. The van der Waals surface area contributed by atoms with Crippen molar-refractivity contribution in [1.29, 1.82) is 0 Å². The van der Waals surface area contributed by atoms with Gasteiger partial charge in [0.05, 0.1) is 18.8 Å². The molecule has 0 fully saturated rings. The second-order valence-corrected chi connectivity index (χ2v) is 6.34. The number of hydrogen-bond acceptors (Lipinski definition) is 4.